The van der Waals surface area contributed by atoms with Crippen LogP contribution in [0.15, 0.2) is 47.1 Å². The van der Waals surface area contributed by atoms with E-state index in [1.165, 1.54) is 17.6 Å². The molecule has 3 aromatic rings. The number of carbonyl (C=O) groups excluding carboxylic acids is 1. The molecule has 0 radical (unpaired) electrons. The average Bonchev–Trinajstić information content (AvgIpc) is 3.09. The van der Waals surface area contributed by atoms with Crippen molar-refractivity contribution >= 4 is 28.4 Å². The maximum Gasteiger partial charge on any atom is 0.246 e. The van der Waals surface area contributed by atoms with E-state index in [-0.39, 0.29) is 12.3 Å². The highest BCUT2D eigenvalue weighted by molar-refractivity contribution is 7.15. The second-order valence-electron chi connectivity index (χ2n) is 4.53. The molecule has 1 N–H and O–H groups in total. The fourth-order valence-electron chi connectivity index (χ4n) is 1.89. The Bertz CT molecular complexity index is 841. The lowest BCUT2D eigenvalue weighted by Crippen LogP contribution is -2.19. The van der Waals surface area contributed by atoms with E-state index in [0.717, 1.165) is 10.5 Å². The van der Waals surface area contributed by atoms with E-state index in [9.17, 15) is 4.79 Å². The van der Waals surface area contributed by atoms with Crippen LogP contribution in [0.5, 0.6) is 0 Å². The molecule has 22 heavy (non-hydrogen) atoms. The summed E-state index contributed by atoms with van der Waals surface area (Å²) in [6.07, 6.45) is 5.44. The maximum absolute atomic E-state index is 11.8. The van der Waals surface area contributed by atoms with Crippen molar-refractivity contribution in [3.8, 4) is 6.07 Å². The number of thiazole rings is 1. The van der Waals surface area contributed by atoms with E-state index in [1.807, 2.05) is 28.2 Å². The number of carbonyl (C=O) groups is 1. The quantitative estimate of drug-likeness (QED) is 0.591. The highest BCUT2D eigenvalue weighted by Gasteiger charge is 2.07. The van der Waals surface area contributed by atoms with Crippen molar-refractivity contribution in [2.24, 2.45) is 5.10 Å². The summed E-state index contributed by atoms with van der Waals surface area (Å²) in [4.78, 5) is 17.0. The first-order chi connectivity index (χ1) is 10.7. The zero-order valence-corrected chi connectivity index (χ0v) is 12.2. The third-order valence-corrected chi connectivity index (χ3v) is 3.70. The zero-order chi connectivity index (χ0) is 15.4. The van der Waals surface area contributed by atoms with Crippen LogP contribution in [-0.2, 0) is 11.2 Å². The van der Waals surface area contributed by atoms with Crippen LogP contribution in [0.2, 0.25) is 0 Å². The van der Waals surface area contributed by atoms with Crippen LogP contribution in [0, 0.1) is 11.3 Å². The molecule has 3 rings (SSSR count). The SMILES string of the molecule is N#Cc1ccc(/C=N\NC(=O)Cc2cn3ccsc3n2)cc1. The molecular weight excluding hydrogens is 298 g/mol. The molecule has 0 bridgehead atoms. The number of nitrogens with one attached hydrogen (secondary N) is 1. The molecule has 108 valence electrons. The molecule has 0 spiro atoms. The number of amides is 1. The van der Waals surface area contributed by atoms with Gasteiger partial charge in [-0.05, 0) is 17.7 Å². The van der Waals surface area contributed by atoms with E-state index < -0.39 is 0 Å². The second-order valence-corrected chi connectivity index (χ2v) is 5.40. The van der Waals surface area contributed by atoms with Crippen molar-refractivity contribution in [2.45, 2.75) is 6.42 Å². The lowest BCUT2D eigenvalue weighted by Gasteiger charge is -1.97. The van der Waals surface area contributed by atoms with Crippen molar-refractivity contribution in [2.75, 3.05) is 0 Å². The Morgan fingerprint density at radius 3 is 3.00 bits per heavy atom. The Labute approximate surface area is 130 Å². The highest BCUT2D eigenvalue weighted by atomic mass is 32.1. The van der Waals surface area contributed by atoms with E-state index >= 15 is 0 Å². The van der Waals surface area contributed by atoms with Gasteiger partial charge in [0.2, 0.25) is 5.91 Å². The molecular formula is C15H11N5OS. The third kappa shape index (κ3) is 3.19. The smallest absolute Gasteiger partial charge is 0.246 e. The van der Waals surface area contributed by atoms with Crippen LogP contribution in [0.4, 0.5) is 0 Å². The molecule has 0 saturated carbocycles. The van der Waals surface area contributed by atoms with Crippen LogP contribution in [0.25, 0.3) is 4.96 Å². The molecule has 6 nitrogen and oxygen atoms in total. The molecule has 0 fully saturated rings. The molecule has 0 unspecified atom stereocenters. The summed E-state index contributed by atoms with van der Waals surface area (Å²) >= 11 is 1.52. The Morgan fingerprint density at radius 2 is 2.27 bits per heavy atom. The van der Waals surface area contributed by atoms with Gasteiger partial charge in [0.05, 0.1) is 30.0 Å². The molecule has 1 aromatic carbocycles. The number of aromatic nitrogens is 2. The van der Waals surface area contributed by atoms with Gasteiger partial charge < -0.3 is 0 Å². The summed E-state index contributed by atoms with van der Waals surface area (Å²) in [6, 6.07) is 8.96. The molecule has 0 atom stereocenters. The van der Waals surface area contributed by atoms with E-state index in [1.54, 1.807) is 24.3 Å². The Hall–Kier alpha value is -2.98. The van der Waals surface area contributed by atoms with E-state index in [0.29, 0.717) is 11.3 Å². The summed E-state index contributed by atoms with van der Waals surface area (Å²) in [5, 5.41) is 14.5. The Morgan fingerprint density at radius 1 is 1.45 bits per heavy atom. The Kier molecular flexibility index (Phi) is 3.94. The topological polar surface area (TPSA) is 82.5 Å². The number of nitrogens with zero attached hydrogens (tertiary/aromatic N) is 4. The lowest BCUT2D eigenvalue weighted by atomic mass is 10.2. The number of rotatable bonds is 4. The summed E-state index contributed by atoms with van der Waals surface area (Å²) in [7, 11) is 0. The summed E-state index contributed by atoms with van der Waals surface area (Å²) in [5.74, 6) is -0.226. The largest absolute Gasteiger partial charge is 0.297 e. The molecule has 0 aliphatic carbocycles. The normalized spacial score (nSPS) is 10.9. The number of hydrogen-bond donors (Lipinski definition) is 1. The third-order valence-electron chi connectivity index (χ3n) is 2.93. The van der Waals surface area contributed by atoms with Gasteiger partial charge in [0.25, 0.3) is 0 Å². The van der Waals surface area contributed by atoms with Crippen molar-refractivity contribution < 1.29 is 4.79 Å². The number of hydrogen-bond acceptors (Lipinski definition) is 5. The van der Waals surface area contributed by atoms with Crippen LogP contribution in [-0.4, -0.2) is 21.5 Å². The van der Waals surface area contributed by atoms with Crippen molar-refractivity contribution in [1.82, 2.24) is 14.8 Å². The van der Waals surface area contributed by atoms with Crippen LogP contribution >= 0.6 is 11.3 Å². The first kappa shape index (κ1) is 14.0. The lowest BCUT2D eigenvalue weighted by molar-refractivity contribution is -0.120. The number of benzene rings is 1. The monoisotopic (exact) mass is 309 g/mol. The minimum absolute atomic E-state index is 0.180. The van der Waals surface area contributed by atoms with Crippen LogP contribution in [0.1, 0.15) is 16.8 Å². The van der Waals surface area contributed by atoms with Gasteiger partial charge in [-0.2, -0.15) is 10.4 Å². The minimum atomic E-state index is -0.226. The first-order valence-corrected chi connectivity index (χ1v) is 7.36. The van der Waals surface area contributed by atoms with E-state index in [4.69, 9.17) is 5.26 Å². The zero-order valence-electron chi connectivity index (χ0n) is 11.4. The van der Waals surface area contributed by atoms with Gasteiger partial charge in [-0.25, -0.2) is 10.4 Å². The molecule has 0 aliphatic rings. The van der Waals surface area contributed by atoms with Crippen LogP contribution < -0.4 is 5.43 Å². The maximum atomic E-state index is 11.8. The molecule has 7 heteroatoms. The van der Waals surface area contributed by atoms with E-state index in [2.05, 4.69) is 15.5 Å². The van der Waals surface area contributed by atoms with Gasteiger partial charge in [-0.15, -0.1) is 11.3 Å². The fraction of sp³-hybridized carbons (Fsp3) is 0.0667. The molecule has 1 amide bonds. The summed E-state index contributed by atoms with van der Waals surface area (Å²) < 4.78 is 1.88. The molecule has 0 saturated heterocycles. The van der Waals surface area contributed by atoms with Gasteiger partial charge in [0, 0.05) is 17.8 Å². The van der Waals surface area contributed by atoms with Gasteiger partial charge >= 0.3 is 0 Å². The van der Waals surface area contributed by atoms with Gasteiger partial charge in [-0.1, -0.05) is 12.1 Å². The summed E-state index contributed by atoms with van der Waals surface area (Å²) in [6.45, 7) is 0. The number of nitriles is 1. The van der Waals surface area contributed by atoms with Gasteiger partial charge in [0.15, 0.2) is 4.96 Å². The fourth-order valence-corrected chi connectivity index (χ4v) is 2.61. The molecule has 2 aromatic heterocycles. The predicted octanol–water partition coefficient (Wildman–Crippen LogP) is 1.96. The second kappa shape index (κ2) is 6.20. The molecule has 0 aliphatic heterocycles. The van der Waals surface area contributed by atoms with Crippen molar-refractivity contribution in [1.29, 1.82) is 5.26 Å². The van der Waals surface area contributed by atoms with Crippen molar-refractivity contribution in [3.63, 3.8) is 0 Å². The standard InChI is InChI=1S/C15H11N5OS/c16-8-11-1-3-12(4-2-11)9-17-19-14(21)7-13-10-20-5-6-22-15(20)18-13/h1-6,9-10H,7H2,(H,19,21)/b17-9-. The number of imidazole rings is 1. The number of fused-ring (bicyclic) bond motifs is 1. The Balaban J connectivity index is 1.56. The predicted molar refractivity (Wildman–Crippen MR) is 83.7 cm³/mol. The van der Waals surface area contributed by atoms with Crippen molar-refractivity contribution in [3.05, 3.63) is 58.9 Å². The average molecular weight is 309 g/mol. The number of hydrazone groups is 1. The van der Waals surface area contributed by atoms with Crippen LogP contribution in [0.3, 0.4) is 0 Å². The van der Waals surface area contributed by atoms with Gasteiger partial charge in [0.1, 0.15) is 0 Å². The molecule has 2 heterocycles. The summed E-state index contributed by atoms with van der Waals surface area (Å²) in [5.41, 5.74) is 4.56. The minimum Gasteiger partial charge on any atom is -0.297 e. The van der Waals surface area contributed by atoms with Gasteiger partial charge in [-0.3, -0.25) is 9.20 Å². The first-order valence-electron chi connectivity index (χ1n) is 6.48. The highest BCUT2D eigenvalue weighted by Crippen LogP contribution is 2.11.